The van der Waals surface area contributed by atoms with Crippen molar-refractivity contribution in [2.75, 3.05) is 5.33 Å². The minimum absolute atomic E-state index is 0.0324. The van der Waals surface area contributed by atoms with E-state index in [1.807, 2.05) is 20.8 Å². The van der Waals surface area contributed by atoms with E-state index < -0.39 is 5.60 Å². The molecule has 0 bridgehead atoms. The molecule has 96 valence electrons. The molecule has 0 radical (unpaired) electrons. The number of alkyl carbamates (subject to hydrolysis) is 1. The highest BCUT2D eigenvalue weighted by atomic mass is 79.9. The molecular weight excluding hydrogens is 270 g/mol. The summed E-state index contributed by atoms with van der Waals surface area (Å²) < 4.78 is 5.24. The second-order valence-electron chi connectivity index (χ2n) is 6.04. The van der Waals surface area contributed by atoms with Crippen molar-refractivity contribution in [1.82, 2.24) is 5.32 Å². The van der Waals surface area contributed by atoms with Crippen LogP contribution < -0.4 is 5.32 Å². The molecular formula is C12H24BrNO2. The number of carbonyl (C=O) groups is 1. The Morgan fingerprint density at radius 2 is 1.75 bits per heavy atom. The maximum Gasteiger partial charge on any atom is 0.407 e. The largest absolute Gasteiger partial charge is 0.444 e. The lowest BCUT2D eigenvalue weighted by Crippen LogP contribution is -2.46. The molecule has 0 spiro atoms. The van der Waals surface area contributed by atoms with Crippen LogP contribution in [0.3, 0.4) is 0 Å². The van der Waals surface area contributed by atoms with Gasteiger partial charge >= 0.3 is 6.09 Å². The summed E-state index contributed by atoms with van der Waals surface area (Å²) in [6, 6.07) is 0.113. The maximum absolute atomic E-state index is 11.6. The first kappa shape index (κ1) is 15.8. The standard InChI is InChI=1S/C12H24BrNO2/c1-11(2,3)9(7-8-13)14-10(15)16-12(4,5)6/h9H,7-8H2,1-6H3,(H,14,15). The van der Waals surface area contributed by atoms with Crippen molar-refractivity contribution in [3.8, 4) is 0 Å². The number of hydrogen-bond donors (Lipinski definition) is 1. The lowest BCUT2D eigenvalue weighted by molar-refractivity contribution is 0.0462. The van der Waals surface area contributed by atoms with Crippen LogP contribution >= 0.6 is 15.9 Å². The Morgan fingerprint density at radius 3 is 2.06 bits per heavy atom. The van der Waals surface area contributed by atoms with Crippen molar-refractivity contribution >= 4 is 22.0 Å². The first-order valence-electron chi connectivity index (χ1n) is 5.62. The van der Waals surface area contributed by atoms with Crippen LogP contribution in [-0.4, -0.2) is 23.1 Å². The van der Waals surface area contributed by atoms with Gasteiger partial charge in [0.15, 0.2) is 0 Å². The van der Waals surface area contributed by atoms with Crippen molar-refractivity contribution < 1.29 is 9.53 Å². The molecule has 0 fully saturated rings. The molecule has 0 aromatic carbocycles. The number of ether oxygens (including phenoxy) is 1. The van der Waals surface area contributed by atoms with Gasteiger partial charge in [0.2, 0.25) is 0 Å². The van der Waals surface area contributed by atoms with Crippen molar-refractivity contribution in [3.63, 3.8) is 0 Å². The Hall–Kier alpha value is -0.250. The maximum atomic E-state index is 11.6. The minimum Gasteiger partial charge on any atom is -0.444 e. The summed E-state index contributed by atoms with van der Waals surface area (Å²) in [7, 11) is 0. The van der Waals surface area contributed by atoms with E-state index in [2.05, 4.69) is 42.0 Å². The van der Waals surface area contributed by atoms with Gasteiger partial charge in [-0.1, -0.05) is 36.7 Å². The van der Waals surface area contributed by atoms with E-state index in [1.165, 1.54) is 0 Å². The van der Waals surface area contributed by atoms with Gasteiger partial charge in [0.05, 0.1) is 0 Å². The molecule has 16 heavy (non-hydrogen) atoms. The number of hydrogen-bond acceptors (Lipinski definition) is 2. The van der Waals surface area contributed by atoms with Gasteiger partial charge in [-0.25, -0.2) is 4.79 Å². The van der Waals surface area contributed by atoms with Crippen LogP contribution in [0, 0.1) is 5.41 Å². The number of halogens is 1. The van der Waals surface area contributed by atoms with Gasteiger partial charge in [-0.2, -0.15) is 0 Å². The summed E-state index contributed by atoms with van der Waals surface area (Å²) in [5.74, 6) is 0. The highest BCUT2D eigenvalue weighted by Gasteiger charge is 2.27. The van der Waals surface area contributed by atoms with Crippen molar-refractivity contribution in [2.45, 2.75) is 59.6 Å². The van der Waals surface area contributed by atoms with Crippen LogP contribution in [0.1, 0.15) is 48.0 Å². The summed E-state index contributed by atoms with van der Waals surface area (Å²) in [4.78, 5) is 11.6. The molecule has 0 aromatic rings. The van der Waals surface area contributed by atoms with Gasteiger partial charge in [0.1, 0.15) is 5.60 Å². The van der Waals surface area contributed by atoms with Crippen LogP contribution in [0.25, 0.3) is 0 Å². The van der Waals surface area contributed by atoms with E-state index in [1.54, 1.807) is 0 Å². The van der Waals surface area contributed by atoms with Gasteiger partial charge < -0.3 is 10.1 Å². The summed E-state index contributed by atoms with van der Waals surface area (Å²) in [5, 5.41) is 3.79. The molecule has 0 aliphatic rings. The minimum atomic E-state index is -0.444. The zero-order chi connectivity index (χ0) is 13.0. The third-order valence-corrected chi connectivity index (χ3v) is 2.59. The average molecular weight is 294 g/mol. The summed E-state index contributed by atoms with van der Waals surface area (Å²) in [5.41, 5.74) is -0.411. The molecule has 1 atom stereocenters. The fourth-order valence-corrected chi connectivity index (χ4v) is 1.74. The molecule has 1 N–H and O–H groups in total. The topological polar surface area (TPSA) is 38.3 Å². The third kappa shape index (κ3) is 7.09. The van der Waals surface area contributed by atoms with E-state index in [0.717, 1.165) is 11.8 Å². The Kier molecular flexibility index (Phi) is 5.80. The Balaban J connectivity index is 4.36. The number of alkyl halides is 1. The predicted molar refractivity (Wildman–Crippen MR) is 71.0 cm³/mol. The van der Waals surface area contributed by atoms with Crippen LogP contribution in [0.15, 0.2) is 0 Å². The number of nitrogens with one attached hydrogen (secondary N) is 1. The van der Waals surface area contributed by atoms with Crippen molar-refractivity contribution in [3.05, 3.63) is 0 Å². The van der Waals surface area contributed by atoms with E-state index in [0.29, 0.717) is 0 Å². The fraction of sp³-hybridized carbons (Fsp3) is 0.917. The molecule has 0 aliphatic carbocycles. The SMILES string of the molecule is CC(C)(C)OC(=O)NC(CCBr)C(C)(C)C. The van der Waals surface area contributed by atoms with Crippen LogP contribution in [-0.2, 0) is 4.74 Å². The monoisotopic (exact) mass is 293 g/mol. The smallest absolute Gasteiger partial charge is 0.407 e. The van der Waals surface area contributed by atoms with Crippen LogP contribution in [0.4, 0.5) is 4.79 Å². The molecule has 4 heteroatoms. The first-order chi connectivity index (χ1) is 7.06. The quantitative estimate of drug-likeness (QED) is 0.806. The molecule has 1 amide bonds. The second kappa shape index (κ2) is 5.89. The molecule has 0 aliphatic heterocycles. The highest BCUT2D eigenvalue weighted by Crippen LogP contribution is 2.23. The number of carbonyl (C=O) groups excluding carboxylic acids is 1. The third-order valence-electron chi connectivity index (χ3n) is 2.13. The Morgan fingerprint density at radius 1 is 1.25 bits per heavy atom. The molecule has 0 heterocycles. The molecule has 0 saturated heterocycles. The van der Waals surface area contributed by atoms with Gasteiger partial charge in [0.25, 0.3) is 0 Å². The van der Waals surface area contributed by atoms with Crippen molar-refractivity contribution in [2.24, 2.45) is 5.41 Å². The number of rotatable bonds is 3. The first-order valence-corrected chi connectivity index (χ1v) is 6.74. The number of amides is 1. The van der Waals surface area contributed by atoms with Crippen molar-refractivity contribution in [1.29, 1.82) is 0 Å². The lowest BCUT2D eigenvalue weighted by atomic mass is 9.85. The van der Waals surface area contributed by atoms with E-state index >= 15 is 0 Å². The van der Waals surface area contributed by atoms with Gasteiger partial charge in [-0.15, -0.1) is 0 Å². The normalized spacial score (nSPS) is 14.4. The second-order valence-corrected chi connectivity index (χ2v) is 6.84. The van der Waals surface area contributed by atoms with E-state index in [-0.39, 0.29) is 17.6 Å². The predicted octanol–water partition coefficient (Wildman–Crippen LogP) is 3.71. The molecule has 1 unspecified atom stereocenters. The fourth-order valence-electron chi connectivity index (χ4n) is 1.28. The summed E-state index contributed by atoms with van der Waals surface area (Å²) >= 11 is 3.40. The highest BCUT2D eigenvalue weighted by molar-refractivity contribution is 9.09. The average Bonchev–Trinajstić information content (AvgIpc) is 1.97. The van der Waals surface area contributed by atoms with Crippen LogP contribution in [0.2, 0.25) is 0 Å². The molecule has 0 rings (SSSR count). The van der Waals surface area contributed by atoms with E-state index in [4.69, 9.17) is 4.74 Å². The zero-order valence-corrected chi connectivity index (χ0v) is 12.8. The molecule has 3 nitrogen and oxygen atoms in total. The summed E-state index contributed by atoms with van der Waals surface area (Å²) in [6.07, 6.45) is 0.552. The Labute approximate surface area is 107 Å². The Bertz CT molecular complexity index is 228. The lowest BCUT2D eigenvalue weighted by Gasteiger charge is -2.32. The molecule has 0 aromatic heterocycles. The van der Waals surface area contributed by atoms with Gasteiger partial charge in [-0.3, -0.25) is 0 Å². The van der Waals surface area contributed by atoms with E-state index in [9.17, 15) is 4.79 Å². The van der Waals surface area contributed by atoms with Gasteiger partial charge in [-0.05, 0) is 32.6 Å². The van der Waals surface area contributed by atoms with Gasteiger partial charge in [0, 0.05) is 11.4 Å². The zero-order valence-electron chi connectivity index (χ0n) is 11.2. The molecule has 0 saturated carbocycles. The van der Waals surface area contributed by atoms with Crippen LogP contribution in [0.5, 0.6) is 0 Å². The summed E-state index contributed by atoms with van der Waals surface area (Å²) in [6.45, 7) is 11.9.